The standard InChI is InChI=1S/C31H35ClN4O4S/c1-20-11-7-8-14-22(20)18-33-28(38)27-31(2,3)41-19-36(27)29(39)26(37)25(17-21-12-5-4-6-13-21)35-30(40)34-24-16-10-9-15-23(24)32/h4-16,25-27,37H,17-19H2,1-3H3,(H,33,38)(H2,34,35,40). The van der Waals surface area contributed by atoms with Crippen LogP contribution in [-0.2, 0) is 22.6 Å². The van der Waals surface area contributed by atoms with Crippen LogP contribution < -0.4 is 16.0 Å². The molecule has 4 N–H and O–H groups in total. The number of nitrogens with zero attached hydrogens (tertiary/aromatic N) is 1. The molecule has 0 aliphatic carbocycles. The maximum absolute atomic E-state index is 13.8. The lowest BCUT2D eigenvalue weighted by molar-refractivity contribution is -0.147. The minimum atomic E-state index is -1.60. The first-order valence-corrected chi connectivity index (χ1v) is 14.7. The highest BCUT2D eigenvalue weighted by Gasteiger charge is 2.49. The zero-order valence-corrected chi connectivity index (χ0v) is 24.8. The van der Waals surface area contributed by atoms with Crippen LogP contribution >= 0.6 is 23.4 Å². The van der Waals surface area contributed by atoms with Crippen LogP contribution in [0.15, 0.2) is 78.9 Å². The molecule has 4 amide bonds. The lowest BCUT2D eigenvalue weighted by Crippen LogP contribution is -2.59. The van der Waals surface area contributed by atoms with Gasteiger partial charge in [0.1, 0.15) is 6.04 Å². The summed E-state index contributed by atoms with van der Waals surface area (Å²) >= 11 is 7.65. The number of aryl methyl sites for hydroxylation is 1. The van der Waals surface area contributed by atoms with Crippen molar-refractivity contribution in [1.29, 1.82) is 0 Å². The van der Waals surface area contributed by atoms with Gasteiger partial charge in [-0.2, -0.15) is 0 Å². The van der Waals surface area contributed by atoms with E-state index in [9.17, 15) is 19.5 Å². The van der Waals surface area contributed by atoms with E-state index in [0.717, 1.165) is 16.7 Å². The average Bonchev–Trinajstić information content (AvgIpc) is 3.27. The summed E-state index contributed by atoms with van der Waals surface area (Å²) in [6, 6.07) is 21.4. The summed E-state index contributed by atoms with van der Waals surface area (Å²) in [7, 11) is 0. The van der Waals surface area contributed by atoms with Crippen LogP contribution in [0.1, 0.15) is 30.5 Å². The molecule has 8 nitrogen and oxygen atoms in total. The third kappa shape index (κ3) is 7.61. The molecule has 1 aliphatic rings. The van der Waals surface area contributed by atoms with E-state index in [0.29, 0.717) is 17.3 Å². The van der Waals surface area contributed by atoms with Gasteiger partial charge in [0.15, 0.2) is 6.10 Å². The molecule has 0 bridgehead atoms. The van der Waals surface area contributed by atoms with Crippen molar-refractivity contribution < 1.29 is 19.5 Å². The molecule has 3 aromatic carbocycles. The monoisotopic (exact) mass is 594 g/mol. The number of halogens is 1. The Bertz CT molecular complexity index is 1390. The number of amides is 4. The fourth-order valence-corrected chi connectivity index (χ4v) is 6.16. The van der Waals surface area contributed by atoms with Crippen molar-refractivity contribution in [3.8, 4) is 0 Å². The first-order chi connectivity index (χ1) is 19.6. The van der Waals surface area contributed by atoms with Gasteiger partial charge in [-0.05, 0) is 56.0 Å². The summed E-state index contributed by atoms with van der Waals surface area (Å²) in [6.45, 7) is 6.12. The molecule has 3 aromatic rings. The van der Waals surface area contributed by atoms with Gasteiger partial charge in [-0.3, -0.25) is 9.59 Å². The van der Waals surface area contributed by atoms with E-state index in [-0.39, 0.29) is 18.2 Å². The summed E-state index contributed by atoms with van der Waals surface area (Å²) < 4.78 is -0.588. The first kappa shape index (κ1) is 30.4. The largest absolute Gasteiger partial charge is 0.381 e. The SMILES string of the molecule is Cc1ccccc1CNC(=O)C1N(C(=O)C(O)C(Cc2ccccc2)NC(=O)Nc2ccccc2Cl)CSC1(C)C. The van der Waals surface area contributed by atoms with Crippen molar-refractivity contribution in [2.45, 2.75) is 56.7 Å². The number of urea groups is 1. The van der Waals surface area contributed by atoms with Gasteiger partial charge in [-0.15, -0.1) is 11.8 Å². The van der Waals surface area contributed by atoms with Crippen LogP contribution in [0.2, 0.25) is 5.02 Å². The smallest absolute Gasteiger partial charge is 0.319 e. The number of benzene rings is 3. The number of nitrogens with one attached hydrogen (secondary N) is 3. The second-order valence-electron chi connectivity index (χ2n) is 10.6. The van der Waals surface area contributed by atoms with Gasteiger partial charge in [0.25, 0.3) is 5.91 Å². The van der Waals surface area contributed by atoms with Crippen molar-refractivity contribution in [2.75, 3.05) is 11.2 Å². The fourth-order valence-electron chi connectivity index (χ4n) is 4.84. The van der Waals surface area contributed by atoms with Crippen LogP contribution in [-0.4, -0.2) is 56.7 Å². The predicted octanol–water partition coefficient (Wildman–Crippen LogP) is 4.74. The van der Waals surface area contributed by atoms with E-state index in [4.69, 9.17) is 11.6 Å². The summed E-state index contributed by atoms with van der Waals surface area (Å²) in [5, 5.41) is 20.1. The number of aliphatic hydroxyl groups excluding tert-OH is 1. The molecule has 216 valence electrons. The molecule has 41 heavy (non-hydrogen) atoms. The summed E-state index contributed by atoms with van der Waals surface area (Å²) in [5.74, 6) is -0.694. The molecule has 0 spiro atoms. The van der Waals surface area contributed by atoms with Crippen molar-refractivity contribution in [2.24, 2.45) is 0 Å². The Labute approximate surface area is 249 Å². The van der Waals surface area contributed by atoms with E-state index in [1.165, 1.54) is 16.7 Å². The zero-order valence-electron chi connectivity index (χ0n) is 23.3. The second kappa shape index (κ2) is 13.4. The number of aliphatic hydroxyl groups is 1. The average molecular weight is 595 g/mol. The van der Waals surface area contributed by atoms with Gasteiger partial charge in [0.05, 0.1) is 22.6 Å². The Morgan fingerprint density at radius 2 is 1.68 bits per heavy atom. The molecular formula is C31H35ClN4O4S. The summed E-state index contributed by atoms with van der Waals surface area (Å²) in [5.41, 5.74) is 3.26. The second-order valence-corrected chi connectivity index (χ2v) is 12.6. The third-order valence-corrected chi connectivity index (χ3v) is 8.87. The number of hydrogen-bond donors (Lipinski definition) is 4. The summed E-state index contributed by atoms with van der Waals surface area (Å²) in [6.07, 6.45) is -1.41. The van der Waals surface area contributed by atoms with Crippen LogP contribution in [0.25, 0.3) is 0 Å². The normalized spacial score (nSPS) is 17.4. The lowest BCUT2D eigenvalue weighted by Gasteiger charge is -2.33. The fraction of sp³-hybridized carbons (Fsp3) is 0.323. The van der Waals surface area contributed by atoms with Crippen LogP contribution in [0.4, 0.5) is 10.5 Å². The maximum atomic E-state index is 13.8. The predicted molar refractivity (Wildman–Crippen MR) is 164 cm³/mol. The van der Waals surface area contributed by atoms with E-state index < -0.39 is 34.9 Å². The molecular weight excluding hydrogens is 560 g/mol. The highest BCUT2D eigenvalue weighted by molar-refractivity contribution is 8.00. The van der Waals surface area contributed by atoms with Gasteiger partial charge in [0.2, 0.25) is 5.91 Å². The van der Waals surface area contributed by atoms with E-state index in [1.807, 2.05) is 75.4 Å². The Morgan fingerprint density at radius 3 is 2.39 bits per heavy atom. The quantitative estimate of drug-likeness (QED) is 0.286. The third-order valence-electron chi connectivity index (χ3n) is 7.16. The van der Waals surface area contributed by atoms with E-state index in [1.54, 1.807) is 24.3 Å². The maximum Gasteiger partial charge on any atom is 0.319 e. The molecule has 0 saturated carbocycles. The highest BCUT2D eigenvalue weighted by atomic mass is 35.5. The van der Waals surface area contributed by atoms with E-state index in [2.05, 4.69) is 16.0 Å². The summed E-state index contributed by atoms with van der Waals surface area (Å²) in [4.78, 5) is 41.6. The van der Waals surface area contributed by atoms with Gasteiger partial charge in [-0.1, -0.05) is 78.3 Å². The topological polar surface area (TPSA) is 111 Å². The van der Waals surface area contributed by atoms with E-state index >= 15 is 0 Å². The number of thioether (sulfide) groups is 1. The molecule has 4 rings (SSSR count). The number of hydrogen-bond acceptors (Lipinski definition) is 5. The molecule has 3 atom stereocenters. The highest BCUT2D eigenvalue weighted by Crippen LogP contribution is 2.40. The first-order valence-electron chi connectivity index (χ1n) is 13.4. The van der Waals surface area contributed by atoms with Crippen LogP contribution in [0, 0.1) is 6.92 Å². The van der Waals surface area contributed by atoms with Crippen molar-refractivity contribution in [1.82, 2.24) is 15.5 Å². The molecule has 0 aromatic heterocycles. The lowest BCUT2D eigenvalue weighted by atomic mass is 9.97. The molecule has 1 aliphatic heterocycles. The molecule has 1 saturated heterocycles. The van der Waals surface area contributed by atoms with Gasteiger partial charge in [0, 0.05) is 11.3 Å². The molecule has 1 heterocycles. The van der Waals surface area contributed by atoms with Crippen LogP contribution in [0.3, 0.4) is 0 Å². The minimum absolute atomic E-state index is 0.193. The zero-order chi connectivity index (χ0) is 29.6. The Kier molecular flexibility index (Phi) is 9.96. The van der Waals surface area contributed by atoms with Crippen LogP contribution in [0.5, 0.6) is 0 Å². The molecule has 10 heteroatoms. The number of carbonyl (C=O) groups is 3. The number of para-hydroxylation sites is 1. The molecule has 0 radical (unpaired) electrons. The Morgan fingerprint density at radius 1 is 1.02 bits per heavy atom. The van der Waals surface area contributed by atoms with Gasteiger partial charge >= 0.3 is 6.03 Å². The number of rotatable bonds is 9. The number of carbonyl (C=O) groups excluding carboxylic acids is 3. The Balaban J connectivity index is 1.52. The number of anilines is 1. The van der Waals surface area contributed by atoms with Crippen molar-refractivity contribution in [3.05, 3.63) is 101 Å². The van der Waals surface area contributed by atoms with Crippen molar-refractivity contribution in [3.63, 3.8) is 0 Å². The Hall–Kier alpha value is -3.53. The van der Waals surface area contributed by atoms with Gasteiger partial charge in [-0.25, -0.2) is 4.79 Å². The van der Waals surface area contributed by atoms with Crippen molar-refractivity contribution >= 4 is 46.9 Å². The minimum Gasteiger partial charge on any atom is -0.381 e. The van der Waals surface area contributed by atoms with Gasteiger partial charge < -0.3 is 26.0 Å². The molecule has 3 unspecified atom stereocenters. The molecule has 1 fully saturated rings.